The number of thioether (sulfide) groups is 1. The first-order chi connectivity index (χ1) is 12.0. The van der Waals surface area contributed by atoms with Crippen LogP contribution in [0.15, 0.2) is 28.1 Å². The first-order valence-corrected chi connectivity index (χ1v) is 8.96. The number of methoxy groups -OCH3 is 2. The molecule has 1 fully saturated rings. The summed E-state index contributed by atoms with van der Waals surface area (Å²) in [5, 5.41) is 0.741. The Labute approximate surface area is 151 Å². The number of hydrogen-bond acceptors (Lipinski definition) is 6. The third kappa shape index (κ3) is 3.99. The molecule has 3 rings (SSSR count). The number of carbonyl (C=O) groups is 1. The van der Waals surface area contributed by atoms with Gasteiger partial charge in [-0.3, -0.25) is 4.79 Å². The fourth-order valence-corrected chi connectivity index (χ4v) is 3.87. The topological polar surface area (TPSA) is 60.4 Å². The van der Waals surface area contributed by atoms with E-state index in [0.717, 1.165) is 23.8 Å². The lowest BCUT2D eigenvalue weighted by Gasteiger charge is -2.35. The van der Waals surface area contributed by atoms with Crippen LogP contribution >= 0.6 is 11.8 Å². The van der Waals surface area contributed by atoms with Crippen LogP contribution in [0.5, 0.6) is 11.5 Å². The van der Waals surface area contributed by atoms with Crippen LogP contribution in [-0.2, 0) is 9.53 Å². The number of morpholine rings is 1. The van der Waals surface area contributed by atoms with E-state index in [4.69, 9.17) is 14.2 Å². The van der Waals surface area contributed by atoms with Gasteiger partial charge >= 0.3 is 0 Å². The standard InChI is InChI=1S/C18H22N2O4S/c1-11-9-20(10-12(2)24-11)18-19-17(21)16(25-18)7-13-5-6-14(22-3)8-15(13)23-4/h5-8,11-12H,9-10H2,1-4H3/b16-7+/t11-,12+. The third-order valence-electron chi connectivity index (χ3n) is 4.03. The van der Waals surface area contributed by atoms with Gasteiger partial charge in [-0.05, 0) is 43.8 Å². The molecule has 1 aromatic rings. The fraction of sp³-hybridized carbons (Fsp3) is 0.444. The van der Waals surface area contributed by atoms with Crippen LogP contribution in [0.3, 0.4) is 0 Å². The number of amidine groups is 1. The van der Waals surface area contributed by atoms with Crippen molar-refractivity contribution in [1.82, 2.24) is 4.90 Å². The molecule has 7 heteroatoms. The predicted octanol–water partition coefficient (Wildman–Crippen LogP) is 2.78. The van der Waals surface area contributed by atoms with Crippen molar-refractivity contribution in [2.24, 2.45) is 4.99 Å². The van der Waals surface area contributed by atoms with E-state index in [2.05, 4.69) is 9.89 Å². The van der Waals surface area contributed by atoms with Crippen LogP contribution in [0, 0.1) is 0 Å². The zero-order valence-corrected chi connectivity index (χ0v) is 15.6. The highest BCUT2D eigenvalue weighted by Crippen LogP contribution is 2.34. The molecule has 0 radical (unpaired) electrons. The highest BCUT2D eigenvalue weighted by molar-refractivity contribution is 8.18. The molecule has 0 N–H and O–H groups in total. The summed E-state index contributed by atoms with van der Waals surface area (Å²) in [6.45, 7) is 5.54. The van der Waals surface area contributed by atoms with Gasteiger partial charge in [0.05, 0.1) is 31.3 Å². The Morgan fingerprint density at radius 2 is 1.96 bits per heavy atom. The highest BCUT2D eigenvalue weighted by atomic mass is 32.2. The summed E-state index contributed by atoms with van der Waals surface area (Å²) < 4.78 is 16.3. The summed E-state index contributed by atoms with van der Waals surface area (Å²) in [5.41, 5.74) is 0.819. The molecule has 1 aromatic carbocycles. The van der Waals surface area contributed by atoms with Gasteiger partial charge in [-0.2, -0.15) is 4.99 Å². The Balaban J connectivity index is 1.79. The minimum absolute atomic E-state index is 0.122. The maximum atomic E-state index is 12.3. The fourth-order valence-electron chi connectivity index (χ4n) is 2.95. The van der Waals surface area contributed by atoms with E-state index in [1.807, 2.05) is 32.1 Å². The van der Waals surface area contributed by atoms with Crippen molar-refractivity contribution in [3.8, 4) is 11.5 Å². The first-order valence-electron chi connectivity index (χ1n) is 8.15. The van der Waals surface area contributed by atoms with Crippen molar-refractivity contribution < 1.29 is 19.0 Å². The van der Waals surface area contributed by atoms with E-state index in [9.17, 15) is 4.79 Å². The van der Waals surface area contributed by atoms with Crippen molar-refractivity contribution in [2.75, 3.05) is 27.3 Å². The van der Waals surface area contributed by atoms with Crippen LogP contribution in [0.2, 0.25) is 0 Å². The van der Waals surface area contributed by atoms with Crippen molar-refractivity contribution in [3.05, 3.63) is 28.7 Å². The molecule has 1 amide bonds. The van der Waals surface area contributed by atoms with E-state index < -0.39 is 0 Å². The SMILES string of the molecule is COc1ccc(/C=C2/SC(N3C[C@@H](C)O[C@@H](C)C3)=NC2=O)c(OC)c1. The molecule has 1 saturated heterocycles. The number of amides is 1. The average Bonchev–Trinajstić information content (AvgIpc) is 2.95. The Bertz CT molecular complexity index is 722. The largest absolute Gasteiger partial charge is 0.497 e. The van der Waals surface area contributed by atoms with Gasteiger partial charge in [-0.1, -0.05) is 0 Å². The molecule has 0 bridgehead atoms. The van der Waals surface area contributed by atoms with Gasteiger partial charge in [0.1, 0.15) is 11.5 Å². The summed E-state index contributed by atoms with van der Waals surface area (Å²) in [6, 6.07) is 5.51. The lowest BCUT2D eigenvalue weighted by atomic mass is 10.1. The number of hydrogen-bond donors (Lipinski definition) is 0. The summed E-state index contributed by atoms with van der Waals surface area (Å²) in [7, 11) is 3.20. The summed E-state index contributed by atoms with van der Waals surface area (Å²) >= 11 is 1.40. The van der Waals surface area contributed by atoms with E-state index in [1.165, 1.54) is 11.8 Å². The molecule has 0 aliphatic carbocycles. The summed E-state index contributed by atoms with van der Waals surface area (Å²) in [4.78, 5) is 19.2. The van der Waals surface area contributed by atoms with Gasteiger partial charge in [0.25, 0.3) is 5.91 Å². The first kappa shape index (κ1) is 17.8. The Morgan fingerprint density at radius 1 is 1.24 bits per heavy atom. The molecule has 2 aliphatic heterocycles. The number of rotatable bonds is 3. The third-order valence-corrected chi connectivity index (χ3v) is 5.07. The molecule has 25 heavy (non-hydrogen) atoms. The van der Waals surface area contributed by atoms with Crippen LogP contribution in [-0.4, -0.2) is 55.5 Å². The van der Waals surface area contributed by atoms with Crippen LogP contribution < -0.4 is 9.47 Å². The molecular weight excluding hydrogens is 340 g/mol. The highest BCUT2D eigenvalue weighted by Gasteiger charge is 2.31. The van der Waals surface area contributed by atoms with Gasteiger partial charge in [-0.25, -0.2) is 0 Å². The molecule has 0 spiro atoms. The minimum atomic E-state index is -0.218. The molecule has 0 unspecified atom stereocenters. The maximum Gasteiger partial charge on any atom is 0.286 e. The number of aliphatic imine (C=N–C) groups is 1. The second kappa shape index (κ2) is 7.49. The number of benzene rings is 1. The zero-order chi connectivity index (χ0) is 18.0. The molecule has 2 aliphatic rings. The second-order valence-electron chi connectivity index (χ2n) is 6.08. The van der Waals surface area contributed by atoms with Gasteiger partial charge in [0, 0.05) is 24.7 Å². The van der Waals surface area contributed by atoms with Crippen LogP contribution in [0.4, 0.5) is 0 Å². The number of carbonyl (C=O) groups excluding carboxylic acids is 1. The Hall–Kier alpha value is -1.99. The Kier molecular flexibility index (Phi) is 5.34. The van der Waals surface area contributed by atoms with Crippen molar-refractivity contribution >= 4 is 28.9 Å². The van der Waals surface area contributed by atoms with Gasteiger partial charge in [-0.15, -0.1) is 0 Å². The summed E-state index contributed by atoms with van der Waals surface area (Å²) in [5.74, 6) is 1.14. The Morgan fingerprint density at radius 3 is 2.60 bits per heavy atom. The molecule has 2 atom stereocenters. The normalized spacial score (nSPS) is 25.3. The summed E-state index contributed by atoms with van der Waals surface area (Å²) in [6.07, 6.45) is 2.06. The second-order valence-corrected chi connectivity index (χ2v) is 7.09. The average molecular weight is 362 g/mol. The van der Waals surface area contributed by atoms with Crippen molar-refractivity contribution in [2.45, 2.75) is 26.1 Å². The molecular formula is C18H22N2O4S. The molecule has 0 saturated carbocycles. The lowest BCUT2D eigenvalue weighted by Crippen LogP contribution is -2.47. The predicted molar refractivity (Wildman–Crippen MR) is 99.1 cm³/mol. The number of ether oxygens (including phenoxy) is 3. The van der Waals surface area contributed by atoms with Gasteiger partial charge < -0.3 is 19.1 Å². The zero-order valence-electron chi connectivity index (χ0n) is 14.8. The quantitative estimate of drug-likeness (QED) is 0.771. The minimum Gasteiger partial charge on any atom is -0.497 e. The number of nitrogens with zero attached hydrogens (tertiary/aromatic N) is 2. The van der Waals surface area contributed by atoms with Crippen molar-refractivity contribution in [1.29, 1.82) is 0 Å². The van der Waals surface area contributed by atoms with Gasteiger partial charge in [0.15, 0.2) is 5.17 Å². The van der Waals surface area contributed by atoms with Crippen LogP contribution in [0.25, 0.3) is 6.08 Å². The smallest absolute Gasteiger partial charge is 0.286 e. The van der Waals surface area contributed by atoms with Crippen molar-refractivity contribution in [3.63, 3.8) is 0 Å². The van der Waals surface area contributed by atoms with Crippen LogP contribution in [0.1, 0.15) is 19.4 Å². The molecule has 6 nitrogen and oxygen atoms in total. The van der Waals surface area contributed by atoms with E-state index in [0.29, 0.717) is 16.4 Å². The van der Waals surface area contributed by atoms with Gasteiger partial charge in [0.2, 0.25) is 0 Å². The molecule has 134 valence electrons. The maximum absolute atomic E-state index is 12.3. The molecule has 0 aromatic heterocycles. The van der Waals surface area contributed by atoms with E-state index >= 15 is 0 Å². The monoisotopic (exact) mass is 362 g/mol. The molecule has 2 heterocycles. The van der Waals surface area contributed by atoms with E-state index in [-0.39, 0.29) is 18.1 Å². The lowest BCUT2D eigenvalue weighted by molar-refractivity contribution is -0.113. The van der Waals surface area contributed by atoms with E-state index in [1.54, 1.807) is 20.3 Å².